The first-order valence-electron chi connectivity index (χ1n) is 9.43. The summed E-state index contributed by atoms with van der Waals surface area (Å²) in [7, 11) is 0. The smallest absolute Gasteiger partial charge is 0.253 e. The normalized spacial score (nSPS) is 22.4. The molecular formula is C19H25N5O4. The number of amides is 4. The maximum atomic E-state index is 12.9. The Morgan fingerprint density at radius 1 is 1.18 bits per heavy atom. The van der Waals surface area contributed by atoms with Gasteiger partial charge in [0.25, 0.3) is 5.91 Å². The summed E-state index contributed by atoms with van der Waals surface area (Å²) in [6.45, 7) is 0.947. The Morgan fingerprint density at radius 3 is 2.61 bits per heavy atom. The third-order valence-electron chi connectivity index (χ3n) is 5.09. The Bertz CT molecular complexity index is 754. The summed E-state index contributed by atoms with van der Waals surface area (Å²) in [6, 6.07) is 7.27. The number of piperidine rings is 1. The number of benzene rings is 1. The molecule has 2 saturated heterocycles. The van der Waals surface area contributed by atoms with Gasteiger partial charge >= 0.3 is 0 Å². The summed E-state index contributed by atoms with van der Waals surface area (Å²) in [5, 5.41) is 5.44. The lowest BCUT2D eigenvalue weighted by Gasteiger charge is -2.41. The minimum atomic E-state index is -0.882. The van der Waals surface area contributed by atoms with E-state index in [1.165, 1.54) is 4.90 Å². The molecule has 2 unspecified atom stereocenters. The topological polar surface area (TPSA) is 125 Å². The van der Waals surface area contributed by atoms with E-state index in [0.717, 1.165) is 6.42 Å². The first kappa shape index (κ1) is 19.8. The summed E-state index contributed by atoms with van der Waals surface area (Å²) >= 11 is 0. The largest absolute Gasteiger partial charge is 0.354 e. The fourth-order valence-corrected chi connectivity index (χ4v) is 3.55. The average molecular weight is 387 g/mol. The maximum Gasteiger partial charge on any atom is 0.253 e. The average Bonchev–Trinajstić information content (AvgIpc) is 2.74. The highest BCUT2D eigenvalue weighted by Gasteiger charge is 2.38. The minimum Gasteiger partial charge on any atom is -0.354 e. The third kappa shape index (κ3) is 4.30. The zero-order valence-electron chi connectivity index (χ0n) is 15.6. The van der Waals surface area contributed by atoms with Crippen molar-refractivity contribution >= 4 is 23.6 Å². The van der Waals surface area contributed by atoms with Gasteiger partial charge in [-0.3, -0.25) is 19.2 Å². The molecular weight excluding hydrogens is 362 g/mol. The number of nitrogens with zero attached hydrogens (tertiary/aromatic N) is 2. The van der Waals surface area contributed by atoms with Crippen molar-refractivity contribution in [2.75, 3.05) is 32.7 Å². The van der Waals surface area contributed by atoms with Crippen molar-refractivity contribution in [3.8, 4) is 0 Å². The Morgan fingerprint density at radius 2 is 1.93 bits per heavy atom. The van der Waals surface area contributed by atoms with Gasteiger partial charge in [0.15, 0.2) is 0 Å². The SMILES string of the molecule is NCC(=O)N1CCN(C(=O)c2ccccc2)CC1C(=O)NC1CCCNC1=O. The van der Waals surface area contributed by atoms with Crippen molar-refractivity contribution in [1.82, 2.24) is 20.4 Å². The van der Waals surface area contributed by atoms with Gasteiger partial charge in [0.1, 0.15) is 12.1 Å². The van der Waals surface area contributed by atoms with Gasteiger partial charge in [-0.1, -0.05) is 18.2 Å². The molecule has 9 nitrogen and oxygen atoms in total. The molecule has 9 heteroatoms. The number of piperazine rings is 1. The van der Waals surface area contributed by atoms with Crippen LogP contribution in [0, 0.1) is 0 Å². The van der Waals surface area contributed by atoms with Crippen molar-refractivity contribution < 1.29 is 19.2 Å². The van der Waals surface area contributed by atoms with Crippen molar-refractivity contribution in [3.05, 3.63) is 35.9 Å². The summed E-state index contributed by atoms with van der Waals surface area (Å²) in [6.07, 6.45) is 1.31. The Hall–Kier alpha value is -2.94. The number of hydrogen-bond donors (Lipinski definition) is 3. The molecule has 28 heavy (non-hydrogen) atoms. The lowest BCUT2D eigenvalue weighted by Crippen LogP contribution is -2.64. The molecule has 0 spiro atoms. The standard InChI is InChI=1S/C19H25N5O4/c20-11-16(25)24-10-9-23(19(28)13-5-2-1-3-6-13)12-15(24)18(27)22-14-7-4-8-21-17(14)26/h1-3,5-6,14-15H,4,7-12,20H2,(H,21,26)(H,22,27). The molecule has 1 aromatic carbocycles. The van der Waals surface area contributed by atoms with Crippen molar-refractivity contribution in [2.24, 2.45) is 5.73 Å². The van der Waals surface area contributed by atoms with Crippen LogP contribution in [0.25, 0.3) is 0 Å². The zero-order chi connectivity index (χ0) is 20.1. The number of carbonyl (C=O) groups is 4. The highest BCUT2D eigenvalue weighted by Crippen LogP contribution is 2.15. The molecule has 0 bridgehead atoms. The summed E-state index contributed by atoms with van der Waals surface area (Å²) in [5.41, 5.74) is 6.01. The molecule has 2 heterocycles. The van der Waals surface area contributed by atoms with Crippen LogP contribution >= 0.6 is 0 Å². The van der Waals surface area contributed by atoms with Crippen LogP contribution in [-0.4, -0.2) is 78.2 Å². The predicted octanol–water partition coefficient (Wildman–Crippen LogP) is -1.31. The maximum absolute atomic E-state index is 12.9. The van der Waals surface area contributed by atoms with Crippen LogP contribution in [0.3, 0.4) is 0 Å². The van der Waals surface area contributed by atoms with Gasteiger partial charge in [0.2, 0.25) is 17.7 Å². The number of hydrogen-bond acceptors (Lipinski definition) is 5. The summed E-state index contributed by atoms with van der Waals surface area (Å²) < 4.78 is 0. The van der Waals surface area contributed by atoms with Crippen molar-refractivity contribution in [2.45, 2.75) is 24.9 Å². The van der Waals surface area contributed by atoms with E-state index < -0.39 is 18.0 Å². The zero-order valence-corrected chi connectivity index (χ0v) is 15.6. The first-order chi connectivity index (χ1) is 13.5. The molecule has 0 aliphatic carbocycles. The molecule has 2 atom stereocenters. The van der Waals surface area contributed by atoms with Crippen LogP contribution < -0.4 is 16.4 Å². The van der Waals surface area contributed by atoms with Gasteiger partial charge in [0, 0.05) is 25.2 Å². The lowest BCUT2D eigenvalue weighted by molar-refractivity contribution is -0.143. The molecule has 1 aromatic rings. The number of carbonyl (C=O) groups excluding carboxylic acids is 4. The quantitative estimate of drug-likeness (QED) is 0.592. The van der Waals surface area contributed by atoms with Gasteiger partial charge in [-0.25, -0.2) is 0 Å². The fraction of sp³-hybridized carbons (Fsp3) is 0.474. The van der Waals surface area contributed by atoms with E-state index in [1.807, 2.05) is 6.07 Å². The second kappa shape index (κ2) is 8.83. The van der Waals surface area contributed by atoms with Gasteiger partial charge in [-0.15, -0.1) is 0 Å². The summed E-state index contributed by atoms with van der Waals surface area (Å²) in [4.78, 5) is 52.8. The molecule has 0 saturated carbocycles. The van der Waals surface area contributed by atoms with Gasteiger partial charge in [-0.05, 0) is 25.0 Å². The molecule has 4 amide bonds. The first-order valence-corrected chi connectivity index (χ1v) is 9.43. The fourth-order valence-electron chi connectivity index (χ4n) is 3.55. The van der Waals surface area contributed by atoms with Crippen molar-refractivity contribution in [3.63, 3.8) is 0 Å². The van der Waals surface area contributed by atoms with Crippen LogP contribution in [0.15, 0.2) is 30.3 Å². The Labute approximate surface area is 163 Å². The number of rotatable bonds is 4. The molecule has 150 valence electrons. The number of nitrogens with one attached hydrogen (secondary N) is 2. The van der Waals surface area contributed by atoms with E-state index in [0.29, 0.717) is 25.1 Å². The van der Waals surface area contributed by atoms with E-state index in [9.17, 15) is 19.2 Å². The van der Waals surface area contributed by atoms with Crippen molar-refractivity contribution in [1.29, 1.82) is 0 Å². The van der Waals surface area contributed by atoms with Crippen LogP contribution in [0.1, 0.15) is 23.2 Å². The third-order valence-corrected chi connectivity index (χ3v) is 5.09. The second-order valence-corrected chi connectivity index (χ2v) is 6.92. The van der Waals surface area contributed by atoms with E-state index in [1.54, 1.807) is 29.2 Å². The molecule has 2 aliphatic rings. The summed E-state index contributed by atoms with van der Waals surface area (Å²) in [5.74, 6) is -1.24. The molecule has 0 aromatic heterocycles. The molecule has 0 radical (unpaired) electrons. The highest BCUT2D eigenvalue weighted by molar-refractivity contribution is 5.96. The molecule has 3 rings (SSSR count). The van der Waals surface area contributed by atoms with Crippen LogP contribution in [0.5, 0.6) is 0 Å². The lowest BCUT2D eigenvalue weighted by atomic mass is 10.0. The van der Waals surface area contributed by atoms with Gasteiger partial charge in [0.05, 0.1) is 13.1 Å². The molecule has 2 fully saturated rings. The Kier molecular flexibility index (Phi) is 6.25. The predicted molar refractivity (Wildman–Crippen MR) is 101 cm³/mol. The van der Waals surface area contributed by atoms with Crippen LogP contribution in [0.4, 0.5) is 0 Å². The van der Waals surface area contributed by atoms with E-state index in [-0.39, 0.29) is 37.4 Å². The highest BCUT2D eigenvalue weighted by atomic mass is 16.2. The van der Waals surface area contributed by atoms with Gasteiger partial charge < -0.3 is 26.2 Å². The monoisotopic (exact) mass is 387 g/mol. The van der Waals surface area contributed by atoms with Crippen LogP contribution in [-0.2, 0) is 14.4 Å². The minimum absolute atomic E-state index is 0.0552. The second-order valence-electron chi connectivity index (χ2n) is 6.92. The van der Waals surface area contributed by atoms with Gasteiger partial charge in [-0.2, -0.15) is 0 Å². The van der Waals surface area contributed by atoms with E-state index in [4.69, 9.17) is 5.73 Å². The molecule has 4 N–H and O–H groups in total. The Balaban J connectivity index is 1.74. The molecule has 2 aliphatic heterocycles. The number of nitrogens with two attached hydrogens (primary N) is 1. The van der Waals surface area contributed by atoms with E-state index in [2.05, 4.69) is 10.6 Å². The van der Waals surface area contributed by atoms with E-state index >= 15 is 0 Å². The van der Waals surface area contributed by atoms with Crippen LogP contribution in [0.2, 0.25) is 0 Å².